The molecule has 0 aromatic heterocycles. The summed E-state index contributed by atoms with van der Waals surface area (Å²) in [5.74, 6) is 0. The summed E-state index contributed by atoms with van der Waals surface area (Å²) in [6, 6.07) is 6.77. The Morgan fingerprint density at radius 2 is 1.94 bits per heavy atom. The molecule has 0 fully saturated rings. The van der Waals surface area contributed by atoms with Crippen LogP contribution in [-0.4, -0.2) is 6.54 Å². The molecule has 1 aromatic rings. The van der Waals surface area contributed by atoms with Gasteiger partial charge < -0.3 is 5.32 Å². The molecule has 0 spiro atoms. The Morgan fingerprint density at radius 3 is 2.50 bits per heavy atom. The molecular formula is C14H22ClN. The van der Waals surface area contributed by atoms with Crippen LogP contribution in [0.5, 0.6) is 0 Å². The van der Waals surface area contributed by atoms with Crippen molar-refractivity contribution in [3.05, 3.63) is 34.3 Å². The first kappa shape index (κ1) is 13.5. The highest BCUT2D eigenvalue weighted by Gasteiger charge is 2.10. The Morgan fingerprint density at radius 1 is 1.19 bits per heavy atom. The van der Waals surface area contributed by atoms with Crippen LogP contribution in [0, 0.1) is 6.92 Å². The molecule has 0 saturated carbocycles. The van der Waals surface area contributed by atoms with Crippen molar-refractivity contribution in [2.24, 2.45) is 0 Å². The standard InChI is InChI=1S/C14H22ClN/c1-4-6-14(16-7-5-2)12-8-11(3)9-13(15)10-12/h8-10,14,16H,4-7H2,1-3H3. The molecule has 0 saturated heterocycles. The van der Waals surface area contributed by atoms with Crippen molar-refractivity contribution in [1.29, 1.82) is 0 Å². The van der Waals surface area contributed by atoms with Crippen LogP contribution in [0.1, 0.15) is 50.3 Å². The molecule has 1 nitrogen and oxygen atoms in total. The Balaban J connectivity index is 2.82. The minimum absolute atomic E-state index is 0.447. The van der Waals surface area contributed by atoms with Crippen LogP contribution in [0.3, 0.4) is 0 Å². The molecule has 0 radical (unpaired) electrons. The van der Waals surface area contributed by atoms with E-state index in [-0.39, 0.29) is 0 Å². The van der Waals surface area contributed by atoms with Gasteiger partial charge in [-0.2, -0.15) is 0 Å². The van der Waals surface area contributed by atoms with Gasteiger partial charge in [0.05, 0.1) is 0 Å². The van der Waals surface area contributed by atoms with E-state index < -0.39 is 0 Å². The van der Waals surface area contributed by atoms with Gasteiger partial charge in [-0.3, -0.25) is 0 Å². The topological polar surface area (TPSA) is 12.0 Å². The first-order chi connectivity index (χ1) is 7.67. The average Bonchev–Trinajstić information content (AvgIpc) is 2.22. The summed E-state index contributed by atoms with van der Waals surface area (Å²) in [6.07, 6.45) is 3.52. The molecule has 1 atom stereocenters. The van der Waals surface area contributed by atoms with Crippen LogP contribution in [0.15, 0.2) is 18.2 Å². The highest BCUT2D eigenvalue weighted by Crippen LogP contribution is 2.23. The molecule has 90 valence electrons. The van der Waals surface area contributed by atoms with Crippen molar-refractivity contribution < 1.29 is 0 Å². The summed E-state index contributed by atoms with van der Waals surface area (Å²) < 4.78 is 0. The largest absolute Gasteiger partial charge is 0.310 e. The van der Waals surface area contributed by atoms with E-state index in [4.69, 9.17) is 11.6 Å². The Hall–Kier alpha value is -0.530. The van der Waals surface area contributed by atoms with E-state index in [9.17, 15) is 0 Å². The fourth-order valence-electron chi connectivity index (χ4n) is 1.96. The third-order valence-electron chi connectivity index (χ3n) is 2.68. The maximum absolute atomic E-state index is 6.10. The quantitative estimate of drug-likeness (QED) is 0.771. The number of halogens is 1. The third-order valence-corrected chi connectivity index (χ3v) is 2.90. The lowest BCUT2D eigenvalue weighted by Gasteiger charge is -2.19. The zero-order valence-electron chi connectivity index (χ0n) is 10.5. The smallest absolute Gasteiger partial charge is 0.0411 e. The average molecular weight is 240 g/mol. The van der Waals surface area contributed by atoms with Crippen molar-refractivity contribution in [3.63, 3.8) is 0 Å². The maximum atomic E-state index is 6.10. The normalized spacial score (nSPS) is 12.8. The summed E-state index contributed by atoms with van der Waals surface area (Å²) in [5.41, 5.74) is 2.56. The van der Waals surface area contributed by atoms with E-state index in [0.717, 1.165) is 11.6 Å². The summed E-state index contributed by atoms with van der Waals surface area (Å²) in [7, 11) is 0. The third kappa shape index (κ3) is 4.15. The van der Waals surface area contributed by atoms with E-state index in [1.807, 2.05) is 6.07 Å². The van der Waals surface area contributed by atoms with Crippen molar-refractivity contribution >= 4 is 11.6 Å². The van der Waals surface area contributed by atoms with Crippen LogP contribution in [0.25, 0.3) is 0 Å². The van der Waals surface area contributed by atoms with Crippen LogP contribution in [0.2, 0.25) is 5.02 Å². The van der Waals surface area contributed by atoms with Gasteiger partial charge in [0.25, 0.3) is 0 Å². The molecule has 0 bridgehead atoms. The summed E-state index contributed by atoms with van der Waals surface area (Å²) in [6.45, 7) is 7.58. The molecule has 1 rings (SSSR count). The number of rotatable bonds is 6. The molecule has 0 aliphatic carbocycles. The molecule has 2 heteroatoms. The lowest BCUT2D eigenvalue weighted by atomic mass is 10.0. The van der Waals surface area contributed by atoms with Gasteiger partial charge in [0.15, 0.2) is 0 Å². The SMILES string of the molecule is CCCNC(CCC)c1cc(C)cc(Cl)c1. The molecule has 0 heterocycles. The van der Waals surface area contributed by atoms with Gasteiger partial charge >= 0.3 is 0 Å². The van der Waals surface area contributed by atoms with E-state index in [0.29, 0.717) is 6.04 Å². The molecule has 0 aliphatic rings. The molecular weight excluding hydrogens is 218 g/mol. The van der Waals surface area contributed by atoms with Crippen LogP contribution >= 0.6 is 11.6 Å². The van der Waals surface area contributed by atoms with Gasteiger partial charge in [-0.25, -0.2) is 0 Å². The Kier molecular flexibility index (Phi) is 5.86. The summed E-state index contributed by atoms with van der Waals surface area (Å²) >= 11 is 6.10. The molecule has 1 unspecified atom stereocenters. The van der Waals surface area contributed by atoms with Gasteiger partial charge in [-0.05, 0) is 49.6 Å². The van der Waals surface area contributed by atoms with Crippen LogP contribution in [-0.2, 0) is 0 Å². The number of hydrogen-bond donors (Lipinski definition) is 1. The Labute approximate surface area is 104 Å². The zero-order chi connectivity index (χ0) is 12.0. The fraction of sp³-hybridized carbons (Fsp3) is 0.571. The van der Waals surface area contributed by atoms with Crippen molar-refractivity contribution in [3.8, 4) is 0 Å². The minimum Gasteiger partial charge on any atom is -0.310 e. The second kappa shape index (κ2) is 6.93. The molecule has 0 amide bonds. The zero-order valence-corrected chi connectivity index (χ0v) is 11.3. The highest BCUT2D eigenvalue weighted by molar-refractivity contribution is 6.30. The van der Waals surface area contributed by atoms with Crippen LogP contribution < -0.4 is 5.32 Å². The van der Waals surface area contributed by atoms with Gasteiger partial charge in [0.2, 0.25) is 0 Å². The second-order valence-electron chi connectivity index (χ2n) is 4.36. The lowest BCUT2D eigenvalue weighted by molar-refractivity contribution is 0.494. The van der Waals surface area contributed by atoms with Gasteiger partial charge in [0, 0.05) is 11.1 Å². The Bertz CT molecular complexity index is 302. The fourth-order valence-corrected chi connectivity index (χ4v) is 2.26. The first-order valence-corrected chi connectivity index (χ1v) is 6.55. The number of benzene rings is 1. The maximum Gasteiger partial charge on any atom is 0.0411 e. The molecule has 0 aliphatic heterocycles. The minimum atomic E-state index is 0.447. The number of nitrogens with one attached hydrogen (secondary N) is 1. The number of hydrogen-bond acceptors (Lipinski definition) is 1. The number of aryl methyl sites for hydroxylation is 1. The van der Waals surface area contributed by atoms with E-state index in [1.54, 1.807) is 0 Å². The molecule has 1 aromatic carbocycles. The predicted octanol–water partition coefficient (Wildman–Crippen LogP) is 4.49. The van der Waals surface area contributed by atoms with E-state index in [2.05, 4.69) is 38.2 Å². The van der Waals surface area contributed by atoms with Gasteiger partial charge in [-0.1, -0.05) is 37.9 Å². The first-order valence-electron chi connectivity index (χ1n) is 6.17. The van der Waals surface area contributed by atoms with Crippen molar-refractivity contribution in [2.45, 2.75) is 46.1 Å². The van der Waals surface area contributed by atoms with Crippen LogP contribution in [0.4, 0.5) is 0 Å². The lowest BCUT2D eigenvalue weighted by Crippen LogP contribution is -2.22. The summed E-state index contributed by atoms with van der Waals surface area (Å²) in [4.78, 5) is 0. The van der Waals surface area contributed by atoms with E-state index >= 15 is 0 Å². The molecule has 1 N–H and O–H groups in total. The van der Waals surface area contributed by atoms with Crippen molar-refractivity contribution in [2.75, 3.05) is 6.54 Å². The van der Waals surface area contributed by atoms with Gasteiger partial charge in [0.1, 0.15) is 0 Å². The monoisotopic (exact) mass is 239 g/mol. The second-order valence-corrected chi connectivity index (χ2v) is 4.79. The van der Waals surface area contributed by atoms with E-state index in [1.165, 1.54) is 30.4 Å². The molecule has 16 heavy (non-hydrogen) atoms. The predicted molar refractivity (Wildman–Crippen MR) is 72.1 cm³/mol. The van der Waals surface area contributed by atoms with Gasteiger partial charge in [-0.15, -0.1) is 0 Å². The summed E-state index contributed by atoms with van der Waals surface area (Å²) in [5, 5.41) is 4.42. The highest BCUT2D eigenvalue weighted by atomic mass is 35.5. The van der Waals surface area contributed by atoms with Crippen molar-refractivity contribution in [1.82, 2.24) is 5.32 Å².